The number of allylic oxidation sites excluding steroid dienone is 2. The maximum Gasteiger partial charge on any atom is 0.237 e. The molecule has 0 spiro atoms. The zero-order valence-electron chi connectivity index (χ0n) is 16.0. The van der Waals surface area contributed by atoms with Crippen molar-refractivity contribution < 1.29 is 9.18 Å². The van der Waals surface area contributed by atoms with E-state index in [1.165, 1.54) is 47.3 Å². The lowest BCUT2D eigenvalue weighted by Gasteiger charge is -2.27. The van der Waals surface area contributed by atoms with Crippen molar-refractivity contribution in [1.82, 2.24) is 15.1 Å². The number of halogens is 1. The maximum absolute atomic E-state index is 12.9. The lowest BCUT2D eigenvalue weighted by Crippen LogP contribution is -2.33. The Balaban J connectivity index is 1.50. The number of nitrogens with zero attached hydrogens (tertiary/aromatic N) is 3. The van der Waals surface area contributed by atoms with Crippen molar-refractivity contribution in [3.63, 3.8) is 0 Å². The SMILES string of the molecule is CCCN(C(=O)CSc1nnc(NCc2ccc(F)cc2)s1)C1=CCCCC1. The van der Waals surface area contributed by atoms with Gasteiger partial charge in [0.2, 0.25) is 11.0 Å². The molecule has 1 heterocycles. The molecule has 0 unspecified atom stereocenters. The van der Waals surface area contributed by atoms with E-state index in [0.29, 0.717) is 17.4 Å². The van der Waals surface area contributed by atoms with Crippen molar-refractivity contribution >= 4 is 34.1 Å². The van der Waals surface area contributed by atoms with E-state index in [4.69, 9.17) is 0 Å². The predicted octanol–water partition coefficient (Wildman–Crippen LogP) is 5.08. The van der Waals surface area contributed by atoms with Crippen LogP contribution in [-0.4, -0.2) is 33.3 Å². The fraction of sp³-hybridized carbons (Fsp3) is 0.450. The van der Waals surface area contributed by atoms with Crippen molar-refractivity contribution in [2.75, 3.05) is 17.6 Å². The number of thioether (sulfide) groups is 1. The van der Waals surface area contributed by atoms with Crippen molar-refractivity contribution in [3.8, 4) is 0 Å². The van der Waals surface area contributed by atoms with Crippen molar-refractivity contribution in [2.45, 2.75) is 49.9 Å². The molecule has 0 saturated carbocycles. The van der Waals surface area contributed by atoms with Gasteiger partial charge in [0.1, 0.15) is 5.82 Å². The van der Waals surface area contributed by atoms with Gasteiger partial charge in [-0.05, 0) is 49.8 Å². The largest absolute Gasteiger partial charge is 0.356 e. The molecule has 0 atom stereocenters. The highest BCUT2D eigenvalue weighted by molar-refractivity contribution is 8.01. The molecule has 1 aromatic carbocycles. The number of amides is 1. The first kappa shape index (κ1) is 20.8. The van der Waals surface area contributed by atoms with E-state index in [1.54, 1.807) is 12.1 Å². The first-order chi connectivity index (χ1) is 13.7. The van der Waals surface area contributed by atoms with Crippen molar-refractivity contribution in [2.24, 2.45) is 0 Å². The summed E-state index contributed by atoms with van der Waals surface area (Å²) in [7, 11) is 0. The highest BCUT2D eigenvalue weighted by atomic mass is 32.2. The average molecular weight is 421 g/mol. The van der Waals surface area contributed by atoms with Crippen LogP contribution in [-0.2, 0) is 11.3 Å². The minimum atomic E-state index is -0.246. The molecule has 1 aliphatic carbocycles. The van der Waals surface area contributed by atoms with Crippen molar-refractivity contribution in [3.05, 3.63) is 47.4 Å². The highest BCUT2D eigenvalue weighted by Gasteiger charge is 2.19. The maximum atomic E-state index is 12.9. The fourth-order valence-corrected chi connectivity index (χ4v) is 4.66. The van der Waals surface area contributed by atoms with Gasteiger partial charge in [-0.3, -0.25) is 4.79 Å². The van der Waals surface area contributed by atoms with Gasteiger partial charge in [-0.1, -0.05) is 48.2 Å². The molecule has 28 heavy (non-hydrogen) atoms. The number of rotatable bonds is 9. The molecule has 1 amide bonds. The number of benzene rings is 1. The van der Waals surface area contributed by atoms with Gasteiger partial charge in [0, 0.05) is 18.8 Å². The van der Waals surface area contributed by atoms with Gasteiger partial charge in [-0.15, -0.1) is 10.2 Å². The number of aromatic nitrogens is 2. The van der Waals surface area contributed by atoms with E-state index in [-0.39, 0.29) is 11.7 Å². The number of anilines is 1. The molecule has 5 nitrogen and oxygen atoms in total. The van der Waals surface area contributed by atoms with Crippen LogP contribution in [0.25, 0.3) is 0 Å². The Kier molecular flexibility index (Phi) is 7.85. The lowest BCUT2D eigenvalue weighted by molar-refractivity contribution is -0.126. The number of carbonyl (C=O) groups excluding carboxylic acids is 1. The first-order valence-electron chi connectivity index (χ1n) is 9.59. The van der Waals surface area contributed by atoms with Crippen LogP contribution in [0.2, 0.25) is 0 Å². The molecule has 3 rings (SSSR count). The Labute approximate surface area is 173 Å². The third-order valence-electron chi connectivity index (χ3n) is 4.44. The summed E-state index contributed by atoms with van der Waals surface area (Å²) in [5.41, 5.74) is 2.15. The molecule has 0 radical (unpaired) electrons. The van der Waals surface area contributed by atoms with E-state index in [9.17, 15) is 9.18 Å². The lowest BCUT2D eigenvalue weighted by atomic mass is 10.0. The summed E-state index contributed by atoms with van der Waals surface area (Å²) < 4.78 is 13.7. The van der Waals surface area contributed by atoms with Gasteiger partial charge in [-0.2, -0.15) is 0 Å². The molecule has 0 bridgehead atoms. The Morgan fingerprint density at radius 2 is 2.11 bits per heavy atom. The Morgan fingerprint density at radius 3 is 2.82 bits per heavy atom. The van der Waals surface area contributed by atoms with Crippen LogP contribution in [0.1, 0.15) is 44.6 Å². The third kappa shape index (κ3) is 6.04. The Morgan fingerprint density at radius 1 is 1.29 bits per heavy atom. The van der Waals surface area contributed by atoms with E-state index in [2.05, 4.69) is 28.5 Å². The smallest absolute Gasteiger partial charge is 0.237 e. The van der Waals surface area contributed by atoms with Crippen LogP contribution in [0.4, 0.5) is 9.52 Å². The number of nitrogens with one attached hydrogen (secondary N) is 1. The van der Waals surface area contributed by atoms with Crippen LogP contribution in [0.15, 0.2) is 40.4 Å². The number of carbonyl (C=O) groups is 1. The Hall–Kier alpha value is -1.93. The average Bonchev–Trinajstić information content (AvgIpc) is 3.18. The van der Waals surface area contributed by atoms with Crippen LogP contribution in [0.5, 0.6) is 0 Å². The molecule has 0 saturated heterocycles. The second-order valence-electron chi connectivity index (χ2n) is 6.63. The van der Waals surface area contributed by atoms with Gasteiger partial charge < -0.3 is 10.2 Å². The Bertz CT molecular complexity index is 807. The third-order valence-corrected chi connectivity index (χ3v) is 6.44. The first-order valence-corrected chi connectivity index (χ1v) is 11.4. The molecule has 2 aromatic rings. The molecule has 1 aliphatic rings. The zero-order valence-corrected chi connectivity index (χ0v) is 17.6. The van der Waals surface area contributed by atoms with Crippen LogP contribution < -0.4 is 5.32 Å². The van der Waals surface area contributed by atoms with Crippen LogP contribution >= 0.6 is 23.1 Å². The van der Waals surface area contributed by atoms with Gasteiger partial charge in [-0.25, -0.2) is 4.39 Å². The molecule has 8 heteroatoms. The zero-order chi connectivity index (χ0) is 19.8. The molecular formula is C20H25FN4OS2. The van der Waals surface area contributed by atoms with Crippen LogP contribution in [0.3, 0.4) is 0 Å². The molecular weight excluding hydrogens is 395 g/mol. The highest BCUT2D eigenvalue weighted by Crippen LogP contribution is 2.27. The summed E-state index contributed by atoms with van der Waals surface area (Å²) in [6, 6.07) is 6.35. The van der Waals surface area contributed by atoms with Gasteiger partial charge in [0.15, 0.2) is 4.34 Å². The topological polar surface area (TPSA) is 58.1 Å². The summed E-state index contributed by atoms with van der Waals surface area (Å²) in [5.74, 6) is 0.254. The molecule has 1 N–H and O–H groups in total. The minimum Gasteiger partial charge on any atom is -0.356 e. The van der Waals surface area contributed by atoms with Gasteiger partial charge >= 0.3 is 0 Å². The monoisotopic (exact) mass is 420 g/mol. The van der Waals surface area contributed by atoms with E-state index < -0.39 is 0 Å². The normalized spacial score (nSPS) is 13.9. The summed E-state index contributed by atoms with van der Waals surface area (Å²) in [5, 5.41) is 12.2. The van der Waals surface area contributed by atoms with E-state index >= 15 is 0 Å². The van der Waals surface area contributed by atoms with Crippen LogP contribution in [0, 0.1) is 5.82 Å². The molecule has 150 valence electrons. The second-order valence-corrected chi connectivity index (χ2v) is 8.83. The van der Waals surface area contributed by atoms with Gasteiger partial charge in [0.25, 0.3) is 0 Å². The summed E-state index contributed by atoms with van der Waals surface area (Å²) in [6.07, 6.45) is 7.59. The number of hydrogen-bond acceptors (Lipinski definition) is 6. The van der Waals surface area contributed by atoms with Gasteiger partial charge in [0.05, 0.1) is 5.75 Å². The summed E-state index contributed by atoms with van der Waals surface area (Å²) >= 11 is 2.86. The quantitative estimate of drug-likeness (QED) is 0.574. The molecule has 1 aromatic heterocycles. The minimum absolute atomic E-state index is 0.135. The predicted molar refractivity (Wildman–Crippen MR) is 113 cm³/mol. The summed E-state index contributed by atoms with van der Waals surface area (Å²) in [4.78, 5) is 14.7. The fourth-order valence-electron chi connectivity index (χ4n) is 3.04. The molecule has 0 aliphatic heterocycles. The van der Waals surface area contributed by atoms with Crippen molar-refractivity contribution in [1.29, 1.82) is 0 Å². The second kappa shape index (κ2) is 10.6. The van der Waals surface area contributed by atoms with E-state index in [1.807, 2.05) is 4.90 Å². The standard InChI is InChI=1S/C20H25FN4OS2/c1-2-12-25(17-6-4-3-5-7-17)18(26)14-27-20-24-23-19(28-20)22-13-15-8-10-16(21)11-9-15/h6,8-11H,2-5,7,12-14H2,1H3,(H,22,23). The number of hydrogen-bond donors (Lipinski definition) is 1. The summed E-state index contributed by atoms with van der Waals surface area (Å²) in [6.45, 7) is 3.42. The van der Waals surface area contributed by atoms with E-state index in [0.717, 1.165) is 42.1 Å². The molecule has 0 fully saturated rings.